The van der Waals surface area contributed by atoms with E-state index in [9.17, 15) is 19.8 Å². The average molecular weight is 700 g/mol. The number of fused-ring (bicyclic) bond motifs is 1. The van der Waals surface area contributed by atoms with Gasteiger partial charge in [0, 0.05) is 39.0 Å². The lowest BCUT2D eigenvalue weighted by molar-refractivity contribution is -0.175. The maximum atomic E-state index is 14.8. The largest absolute Gasteiger partial charge is 0.497 e. The van der Waals surface area contributed by atoms with Gasteiger partial charge in [0.15, 0.2) is 5.78 Å². The Morgan fingerprint density at radius 2 is 1.53 bits per heavy atom. The molecule has 0 heterocycles. The number of hydrogen-bond acceptors (Lipinski definition) is 8. The summed E-state index contributed by atoms with van der Waals surface area (Å²) in [5.41, 5.74) is -0.875. The molecule has 0 saturated heterocycles. The van der Waals surface area contributed by atoms with Crippen molar-refractivity contribution in [3.63, 3.8) is 0 Å². The predicted octanol–water partition coefficient (Wildman–Crippen LogP) is 7.14. The summed E-state index contributed by atoms with van der Waals surface area (Å²) < 4.78 is 22.0. The van der Waals surface area contributed by atoms with Crippen LogP contribution in [0.3, 0.4) is 0 Å². The van der Waals surface area contributed by atoms with E-state index in [0.29, 0.717) is 42.1 Å². The fraction of sp³-hybridized carbons (Fsp3) is 0.571. The van der Waals surface area contributed by atoms with Crippen LogP contribution in [0.15, 0.2) is 66.3 Å². The molecule has 0 radical (unpaired) electrons. The summed E-state index contributed by atoms with van der Waals surface area (Å²) in [6.45, 7) is 6.81. The first-order valence-corrected chi connectivity index (χ1v) is 18.5. The van der Waals surface area contributed by atoms with Gasteiger partial charge in [0.05, 0.1) is 52.7 Å². The molecule has 0 aliphatic heterocycles. The Hall–Kier alpha value is -3.82. The van der Waals surface area contributed by atoms with E-state index in [-0.39, 0.29) is 42.7 Å². The van der Waals surface area contributed by atoms with Crippen LogP contribution in [0.2, 0.25) is 0 Å². The van der Waals surface area contributed by atoms with E-state index >= 15 is 0 Å². The first-order valence-electron chi connectivity index (χ1n) is 18.5. The maximum absolute atomic E-state index is 14.8. The van der Waals surface area contributed by atoms with Crippen molar-refractivity contribution in [2.24, 2.45) is 33.5 Å². The third-order valence-electron chi connectivity index (χ3n) is 14.1. The Morgan fingerprint density at radius 1 is 0.863 bits per heavy atom. The molecule has 8 atom stereocenters. The van der Waals surface area contributed by atoms with Crippen LogP contribution in [0.5, 0.6) is 17.2 Å². The normalized spacial score (nSPS) is 35.9. The minimum Gasteiger partial charge on any atom is -0.497 e. The summed E-state index contributed by atoms with van der Waals surface area (Å²) in [4.78, 5) is 30.1. The van der Waals surface area contributed by atoms with Crippen LogP contribution in [0, 0.1) is 33.5 Å². The minimum atomic E-state index is -1.25. The number of Topliss-reactive ketones (excluding diaryl/α,β-unsaturated/α-hetero) is 1. The predicted molar refractivity (Wildman–Crippen MR) is 193 cm³/mol. The minimum absolute atomic E-state index is 0.00654. The molecule has 2 N–H and O–H groups in total. The first kappa shape index (κ1) is 35.6. The second-order valence-corrected chi connectivity index (χ2v) is 16.1. The van der Waals surface area contributed by atoms with Gasteiger partial charge in [0.1, 0.15) is 17.2 Å². The molecule has 2 spiro atoms. The molecule has 1 amide bonds. The van der Waals surface area contributed by atoms with Crippen LogP contribution in [0.25, 0.3) is 0 Å². The highest BCUT2D eigenvalue weighted by Gasteiger charge is 2.74. The zero-order chi connectivity index (χ0) is 36.4. The van der Waals surface area contributed by atoms with E-state index in [1.165, 1.54) is 0 Å². The quantitative estimate of drug-likeness (QED) is 0.199. The van der Waals surface area contributed by atoms with E-state index in [1.54, 1.807) is 39.2 Å². The summed E-state index contributed by atoms with van der Waals surface area (Å²) >= 11 is 0. The van der Waals surface area contributed by atoms with E-state index in [2.05, 4.69) is 32.1 Å². The fourth-order valence-electron chi connectivity index (χ4n) is 11.4. The number of aliphatic hydroxyl groups is 2. The summed E-state index contributed by atoms with van der Waals surface area (Å²) in [5.74, 6) is 2.02. The number of ketones is 1. The van der Waals surface area contributed by atoms with Gasteiger partial charge >= 0.3 is 6.09 Å². The molecule has 3 saturated carbocycles. The lowest BCUT2D eigenvalue weighted by atomic mass is 9.32. The number of benzene rings is 2. The molecule has 9 heteroatoms. The van der Waals surface area contributed by atoms with Gasteiger partial charge in [0.2, 0.25) is 0 Å². The number of methoxy groups -OCH3 is 3. The molecular weight excluding hydrogens is 646 g/mol. The van der Waals surface area contributed by atoms with E-state index in [0.717, 1.165) is 36.8 Å². The Bertz CT molecular complexity index is 1750. The van der Waals surface area contributed by atoms with Crippen LogP contribution < -0.4 is 14.2 Å². The van der Waals surface area contributed by atoms with E-state index in [4.69, 9.17) is 18.9 Å². The van der Waals surface area contributed by atoms with Crippen LogP contribution in [0.4, 0.5) is 4.79 Å². The van der Waals surface area contributed by atoms with Gasteiger partial charge in [-0.2, -0.15) is 0 Å². The Balaban J connectivity index is 1.29. The number of rotatable bonds is 10. The topological polar surface area (TPSA) is 115 Å². The molecule has 8 rings (SSSR count). The van der Waals surface area contributed by atoms with Gasteiger partial charge in [-0.3, -0.25) is 4.79 Å². The molecule has 0 aromatic heterocycles. The molecule has 9 nitrogen and oxygen atoms in total. The first-order chi connectivity index (χ1) is 24.3. The second-order valence-electron chi connectivity index (χ2n) is 16.1. The van der Waals surface area contributed by atoms with Crippen LogP contribution >= 0.6 is 0 Å². The van der Waals surface area contributed by atoms with Crippen LogP contribution in [0.1, 0.15) is 81.6 Å². The Morgan fingerprint density at radius 3 is 2.22 bits per heavy atom. The number of aliphatic hydroxyl groups excluding tert-OH is 1. The number of allylic oxidation sites excluding steroid dienone is 4. The lowest BCUT2D eigenvalue weighted by Gasteiger charge is -2.71. The number of nitrogens with zero attached hydrogens (tertiary/aromatic N) is 1. The molecule has 6 aliphatic carbocycles. The highest BCUT2D eigenvalue weighted by molar-refractivity contribution is 6.10. The van der Waals surface area contributed by atoms with Crippen molar-refractivity contribution >= 4 is 11.9 Å². The van der Waals surface area contributed by atoms with Gasteiger partial charge in [0.25, 0.3) is 0 Å². The molecule has 51 heavy (non-hydrogen) atoms. The summed E-state index contributed by atoms with van der Waals surface area (Å²) in [6, 6.07) is 12.8. The molecule has 274 valence electrons. The lowest BCUT2D eigenvalue weighted by Crippen LogP contribution is -2.67. The van der Waals surface area contributed by atoms with Gasteiger partial charge < -0.3 is 34.1 Å². The smallest absolute Gasteiger partial charge is 0.410 e. The van der Waals surface area contributed by atoms with Gasteiger partial charge in [-0.05, 0) is 106 Å². The number of amides is 1. The van der Waals surface area contributed by atoms with Crippen molar-refractivity contribution < 1.29 is 38.7 Å². The van der Waals surface area contributed by atoms with Crippen molar-refractivity contribution in [2.45, 2.75) is 84.0 Å². The van der Waals surface area contributed by atoms with Crippen molar-refractivity contribution in [3.05, 3.63) is 77.4 Å². The second kappa shape index (κ2) is 12.7. The summed E-state index contributed by atoms with van der Waals surface area (Å²) in [6.07, 6.45) is 10.9. The number of carbonyl (C=O) groups is 2. The molecular formula is C42H53NO8. The molecule has 2 aromatic carbocycles. The summed E-state index contributed by atoms with van der Waals surface area (Å²) in [5, 5.41) is 24.0. The molecule has 6 aliphatic rings. The Labute approximate surface area is 301 Å². The van der Waals surface area contributed by atoms with Crippen molar-refractivity contribution in [2.75, 3.05) is 34.5 Å². The summed E-state index contributed by atoms with van der Waals surface area (Å²) in [7, 11) is 4.80. The van der Waals surface area contributed by atoms with Crippen molar-refractivity contribution in [1.82, 2.24) is 4.90 Å². The number of ether oxygens (including phenoxy) is 4. The molecule has 2 aromatic rings. The van der Waals surface area contributed by atoms with E-state index in [1.807, 2.05) is 36.4 Å². The average Bonchev–Trinajstić information content (AvgIpc) is 3.40. The SMILES string of the molecule is CCOC(=O)N(Cc1ccc(OC)cc1OC)C[C@]1(O)CC[C@H]2[C@]34C=C[C@@]5(C=C3C(=O)c3ccc(OC)cc3)CC(O)CC[C@]5(C)[C@H]4CC[C@@]21C. The van der Waals surface area contributed by atoms with Crippen LogP contribution in [-0.4, -0.2) is 73.2 Å². The van der Waals surface area contributed by atoms with Crippen molar-refractivity contribution in [3.8, 4) is 17.2 Å². The monoisotopic (exact) mass is 699 g/mol. The molecule has 2 bridgehead atoms. The zero-order valence-corrected chi connectivity index (χ0v) is 30.9. The number of carbonyl (C=O) groups excluding carboxylic acids is 2. The molecule has 1 unspecified atom stereocenters. The third-order valence-corrected chi connectivity index (χ3v) is 14.1. The Kier molecular flexibility index (Phi) is 8.85. The van der Waals surface area contributed by atoms with Gasteiger partial charge in [-0.1, -0.05) is 32.1 Å². The third kappa shape index (κ3) is 5.16. The van der Waals surface area contributed by atoms with Gasteiger partial charge in [-0.15, -0.1) is 0 Å². The highest BCUT2D eigenvalue weighted by atomic mass is 16.6. The fourth-order valence-corrected chi connectivity index (χ4v) is 11.4. The van der Waals surface area contributed by atoms with Gasteiger partial charge in [-0.25, -0.2) is 4.79 Å². The maximum Gasteiger partial charge on any atom is 0.410 e. The zero-order valence-electron chi connectivity index (χ0n) is 30.9. The van der Waals surface area contributed by atoms with Crippen LogP contribution in [-0.2, 0) is 11.3 Å². The highest BCUT2D eigenvalue weighted by Crippen LogP contribution is 2.78. The van der Waals surface area contributed by atoms with E-state index < -0.39 is 34.0 Å². The van der Waals surface area contributed by atoms with Crippen molar-refractivity contribution in [1.29, 1.82) is 0 Å². The molecule has 3 fully saturated rings. The standard InChI is InChI=1S/C42H53NO8/c1-7-51-37(46)43(25-28-10-13-31(49-5)22-33(28)50-6)26-41(47)19-16-35-39(41,3)18-15-34-38(2)17-14-29(44)23-40(38)20-21-42(34,35)32(24-40)36(45)27-8-11-30(48-4)12-9-27/h8-13,20-22,24,29,34-35,44,47H,7,14-19,23,25-26H2,1-6H3/t29?,34-,35-,38-,39+,40+,41-,42-/m1/s1. The number of hydrogen-bond donors (Lipinski definition) is 2.